The third-order valence-corrected chi connectivity index (χ3v) is 5.09. The SMILES string of the molecule is CC(C)(C)C(CCN)CCC(=O)NC1CCSCC1. The van der Waals surface area contributed by atoms with Crippen molar-refractivity contribution in [3.05, 3.63) is 0 Å². The predicted octanol–water partition coefficient (Wildman–Crippen LogP) is 2.79. The minimum absolute atomic E-state index is 0.225. The summed E-state index contributed by atoms with van der Waals surface area (Å²) < 4.78 is 0. The second-order valence-corrected chi connectivity index (χ2v) is 7.86. The van der Waals surface area contributed by atoms with Gasteiger partial charge < -0.3 is 11.1 Å². The molecule has 1 unspecified atom stereocenters. The Morgan fingerprint density at radius 1 is 1.32 bits per heavy atom. The van der Waals surface area contributed by atoms with Crippen LogP contribution in [-0.2, 0) is 4.79 Å². The molecule has 1 aliphatic rings. The second-order valence-electron chi connectivity index (χ2n) is 6.63. The van der Waals surface area contributed by atoms with E-state index in [-0.39, 0.29) is 11.3 Å². The summed E-state index contributed by atoms with van der Waals surface area (Å²) in [6.45, 7) is 7.43. The molecule has 0 bridgehead atoms. The van der Waals surface area contributed by atoms with Gasteiger partial charge in [-0.3, -0.25) is 4.79 Å². The first-order chi connectivity index (χ1) is 8.93. The molecule has 1 aliphatic heterocycles. The maximum absolute atomic E-state index is 12.0. The van der Waals surface area contributed by atoms with Crippen molar-refractivity contribution in [3.63, 3.8) is 0 Å². The third kappa shape index (κ3) is 6.66. The zero-order chi connectivity index (χ0) is 14.3. The minimum atomic E-state index is 0.225. The standard InChI is InChI=1S/C15H30N2OS/c1-15(2,3)12(6-9-16)4-5-14(18)17-13-7-10-19-11-8-13/h12-13H,4-11,16H2,1-3H3,(H,17,18). The summed E-state index contributed by atoms with van der Waals surface area (Å²) in [5.41, 5.74) is 5.92. The number of carbonyl (C=O) groups excluding carboxylic acids is 1. The van der Waals surface area contributed by atoms with Crippen molar-refractivity contribution in [2.45, 2.75) is 58.9 Å². The van der Waals surface area contributed by atoms with E-state index in [4.69, 9.17) is 5.73 Å². The van der Waals surface area contributed by atoms with Crippen LogP contribution in [0, 0.1) is 11.3 Å². The molecule has 0 radical (unpaired) electrons. The molecule has 1 amide bonds. The van der Waals surface area contributed by atoms with E-state index in [2.05, 4.69) is 26.1 Å². The molecule has 0 saturated carbocycles. The fourth-order valence-electron chi connectivity index (χ4n) is 2.66. The van der Waals surface area contributed by atoms with Gasteiger partial charge in [-0.25, -0.2) is 0 Å². The van der Waals surface area contributed by atoms with Crippen molar-refractivity contribution in [2.24, 2.45) is 17.1 Å². The van der Waals surface area contributed by atoms with Gasteiger partial charge in [-0.05, 0) is 55.1 Å². The van der Waals surface area contributed by atoms with Gasteiger partial charge in [-0.2, -0.15) is 11.8 Å². The monoisotopic (exact) mass is 286 g/mol. The molecule has 3 nitrogen and oxygen atoms in total. The Labute approximate surface area is 122 Å². The maximum Gasteiger partial charge on any atom is 0.220 e. The van der Waals surface area contributed by atoms with E-state index in [0.29, 0.717) is 24.9 Å². The van der Waals surface area contributed by atoms with Gasteiger partial charge in [-0.1, -0.05) is 20.8 Å². The zero-order valence-corrected chi connectivity index (χ0v) is 13.5. The van der Waals surface area contributed by atoms with Crippen molar-refractivity contribution in [1.29, 1.82) is 0 Å². The summed E-state index contributed by atoms with van der Waals surface area (Å²) in [4.78, 5) is 12.0. The molecule has 1 saturated heterocycles. The lowest BCUT2D eigenvalue weighted by molar-refractivity contribution is -0.122. The van der Waals surface area contributed by atoms with Crippen molar-refractivity contribution >= 4 is 17.7 Å². The summed E-state index contributed by atoms with van der Waals surface area (Å²) in [7, 11) is 0. The van der Waals surface area contributed by atoms with E-state index in [1.165, 1.54) is 11.5 Å². The molecule has 1 rings (SSSR count). The molecule has 19 heavy (non-hydrogen) atoms. The van der Waals surface area contributed by atoms with Gasteiger partial charge in [-0.15, -0.1) is 0 Å². The van der Waals surface area contributed by atoms with Crippen LogP contribution in [0.15, 0.2) is 0 Å². The summed E-state index contributed by atoms with van der Waals surface area (Å²) >= 11 is 1.99. The summed E-state index contributed by atoms with van der Waals surface area (Å²) in [5.74, 6) is 3.12. The fourth-order valence-corrected chi connectivity index (χ4v) is 3.77. The van der Waals surface area contributed by atoms with Crippen LogP contribution < -0.4 is 11.1 Å². The lowest BCUT2D eigenvalue weighted by Gasteiger charge is -2.30. The number of hydrogen-bond acceptors (Lipinski definition) is 3. The predicted molar refractivity (Wildman–Crippen MR) is 84.3 cm³/mol. The zero-order valence-electron chi connectivity index (χ0n) is 12.7. The second kappa shape index (κ2) is 8.15. The van der Waals surface area contributed by atoms with E-state index in [1.807, 2.05) is 11.8 Å². The van der Waals surface area contributed by atoms with Gasteiger partial charge in [0, 0.05) is 12.5 Å². The lowest BCUT2D eigenvalue weighted by atomic mass is 9.76. The van der Waals surface area contributed by atoms with Gasteiger partial charge in [0.15, 0.2) is 0 Å². The Hall–Kier alpha value is -0.220. The van der Waals surface area contributed by atoms with Crippen LogP contribution in [0.5, 0.6) is 0 Å². The van der Waals surface area contributed by atoms with E-state index < -0.39 is 0 Å². The van der Waals surface area contributed by atoms with Crippen LogP contribution in [0.25, 0.3) is 0 Å². The highest BCUT2D eigenvalue weighted by Crippen LogP contribution is 2.32. The molecule has 112 valence electrons. The highest BCUT2D eigenvalue weighted by Gasteiger charge is 2.25. The van der Waals surface area contributed by atoms with E-state index >= 15 is 0 Å². The minimum Gasteiger partial charge on any atom is -0.353 e. The maximum atomic E-state index is 12.0. The molecule has 3 N–H and O–H groups in total. The summed E-state index contributed by atoms with van der Waals surface area (Å²) in [6, 6.07) is 0.413. The molecular formula is C15H30N2OS. The molecule has 1 atom stereocenters. The first-order valence-electron chi connectivity index (χ1n) is 7.50. The first-order valence-corrected chi connectivity index (χ1v) is 8.66. The van der Waals surface area contributed by atoms with Crippen molar-refractivity contribution in [2.75, 3.05) is 18.1 Å². The average Bonchev–Trinajstić information content (AvgIpc) is 2.34. The fraction of sp³-hybridized carbons (Fsp3) is 0.933. The quantitative estimate of drug-likeness (QED) is 0.789. The number of nitrogens with two attached hydrogens (primary N) is 1. The van der Waals surface area contributed by atoms with Gasteiger partial charge in [0.1, 0.15) is 0 Å². The van der Waals surface area contributed by atoms with Gasteiger partial charge in [0.2, 0.25) is 5.91 Å². The molecule has 0 aromatic heterocycles. The van der Waals surface area contributed by atoms with Gasteiger partial charge >= 0.3 is 0 Å². The van der Waals surface area contributed by atoms with E-state index in [9.17, 15) is 4.79 Å². The van der Waals surface area contributed by atoms with Crippen LogP contribution in [0.4, 0.5) is 0 Å². The number of rotatable bonds is 6. The molecule has 4 heteroatoms. The van der Waals surface area contributed by atoms with E-state index in [1.54, 1.807) is 0 Å². The Morgan fingerprint density at radius 3 is 2.47 bits per heavy atom. The Bertz CT molecular complexity index is 270. The van der Waals surface area contributed by atoms with Crippen LogP contribution >= 0.6 is 11.8 Å². The molecule has 0 aliphatic carbocycles. The summed E-state index contributed by atoms with van der Waals surface area (Å²) in [6.07, 6.45) is 4.86. The highest BCUT2D eigenvalue weighted by molar-refractivity contribution is 7.99. The van der Waals surface area contributed by atoms with Crippen LogP contribution in [-0.4, -0.2) is 30.0 Å². The average molecular weight is 286 g/mol. The number of thioether (sulfide) groups is 1. The summed E-state index contributed by atoms with van der Waals surface area (Å²) in [5, 5.41) is 3.18. The van der Waals surface area contributed by atoms with Gasteiger partial charge in [0.05, 0.1) is 0 Å². The number of hydrogen-bond donors (Lipinski definition) is 2. The molecule has 0 spiro atoms. The number of amides is 1. The topological polar surface area (TPSA) is 55.1 Å². The largest absolute Gasteiger partial charge is 0.353 e. The molecule has 1 fully saturated rings. The molecule has 1 heterocycles. The molecule has 0 aromatic carbocycles. The Kier molecular flexibility index (Phi) is 7.22. The van der Waals surface area contributed by atoms with Crippen molar-refractivity contribution < 1.29 is 4.79 Å². The highest BCUT2D eigenvalue weighted by atomic mass is 32.2. The number of carbonyl (C=O) groups is 1. The van der Waals surface area contributed by atoms with Crippen LogP contribution in [0.1, 0.15) is 52.9 Å². The van der Waals surface area contributed by atoms with Crippen molar-refractivity contribution in [3.8, 4) is 0 Å². The number of nitrogens with one attached hydrogen (secondary N) is 1. The lowest BCUT2D eigenvalue weighted by Crippen LogP contribution is -2.37. The van der Waals surface area contributed by atoms with Crippen LogP contribution in [0.3, 0.4) is 0 Å². The molecular weight excluding hydrogens is 256 g/mol. The van der Waals surface area contributed by atoms with E-state index in [0.717, 1.165) is 25.7 Å². The third-order valence-electron chi connectivity index (χ3n) is 4.05. The smallest absolute Gasteiger partial charge is 0.220 e. The Balaban J connectivity index is 2.30. The molecule has 0 aromatic rings. The normalized spacial score (nSPS) is 19.2. The van der Waals surface area contributed by atoms with Crippen molar-refractivity contribution in [1.82, 2.24) is 5.32 Å². The van der Waals surface area contributed by atoms with Crippen LogP contribution in [0.2, 0.25) is 0 Å². The van der Waals surface area contributed by atoms with Gasteiger partial charge in [0.25, 0.3) is 0 Å². The first kappa shape index (κ1) is 16.8. The Morgan fingerprint density at radius 2 is 1.95 bits per heavy atom.